The molecule has 1 fully saturated rings. The van der Waals surface area contributed by atoms with Crippen LogP contribution in [0.5, 0.6) is 0 Å². The molecular formula is C15H18O3. The van der Waals surface area contributed by atoms with Gasteiger partial charge in [0.1, 0.15) is 16.9 Å². The van der Waals surface area contributed by atoms with E-state index in [9.17, 15) is 5.11 Å². The fraction of sp³-hybridized carbons (Fsp3) is 0.467. The molecule has 0 bridgehead atoms. The van der Waals surface area contributed by atoms with Gasteiger partial charge in [-0.15, -0.1) is 0 Å². The molecule has 0 aliphatic heterocycles. The highest BCUT2D eigenvalue weighted by Gasteiger charge is 2.47. The van der Waals surface area contributed by atoms with E-state index in [1.54, 1.807) is 0 Å². The van der Waals surface area contributed by atoms with Gasteiger partial charge >= 0.3 is 0 Å². The summed E-state index contributed by atoms with van der Waals surface area (Å²) in [7, 11) is 0. The van der Waals surface area contributed by atoms with Gasteiger partial charge in [-0.3, -0.25) is 0 Å². The second-order valence-corrected chi connectivity index (χ2v) is 5.17. The van der Waals surface area contributed by atoms with Crippen molar-refractivity contribution >= 4 is 11.0 Å². The van der Waals surface area contributed by atoms with Crippen LogP contribution in [0.1, 0.15) is 31.1 Å². The summed E-state index contributed by atoms with van der Waals surface area (Å²) in [6.07, 6.45) is 1.41. The molecule has 0 radical (unpaired) electrons. The summed E-state index contributed by atoms with van der Waals surface area (Å²) in [5.41, 5.74) is 1.19. The summed E-state index contributed by atoms with van der Waals surface area (Å²) in [5, 5.41) is 11.5. The maximum absolute atomic E-state index is 10.5. The van der Waals surface area contributed by atoms with Crippen LogP contribution in [0.4, 0.5) is 0 Å². The molecule has 1 N–H and O–H groups in total. The van der Waals surface area contributed by atoms with Crippen LogP contribution in [0.3, 0.4) is 0 Å². The first-order chi connectivity index (χ1) is 8.60. The quantitative estimate of drug-likeness (QED) is 0.904. The topological polar surface area (TPSA) is 42.6 Å². The highest BCUT2D eigenvalue weighted by molar-refractivity contribution is 5.79. The molecule has 0 amide bonds. The van der Waals surface area contributed by atoms with E-state index < -0.39 is 5.60 Å². The zero-order chi connectivity index (χ0) is 12.8. The van der Waals surface area contributed by atoms with Crippen LogP contribution < -0.4 is 0 Å². The van der Waals surface area contributed by atoms with Crippen LogP contribution in [0.2, 0.25) is 0 Å². The van der Waals surface area contributed by atoms with Gasteiger partial charge in [0.2, 0.25) is 0 Å². The number of fused-ring (bicyclic) bond motifs is 1. The van der Waals surface area contributed by atoms with Gasteiger partial charge < -0.3 is 14.3 Å². The SMILES string of the molecule is CCOC1CC(O)(c2cc3cc(C)ccc3o2)C1. The van der Waals surface area contributed by atoms with Crippen molar-refractivity contribution in [2.75, 3.05) is 6.61 Å². The molecule has 1 aromatic heterocycles. The maximum Gasteiger partial charge on any atom is 0.137 e. The van der Waals surface area contributed by atoms with Gasteiger partial charge in [0, 0.05) is 24.8 Å². The number of aliphatic hydroxyl groups is 1. The van der Waals surface area contributed by atoms with E-state index in [1.807, 2.05) is 25.1 Å². The number of rotatable bonds is 3. The first-order valence-electron chi connectivity index (χ1n) is 6.45. The number of hydrogen-bond acceptors (Lipinski definition) is 3. The fourth-order valence-corrected chi connectivity index (χ4v) is 2.64. The predicted octanol–water partition coefficient (Wildman–Crippen LogP) is 3.13. The molecule has 1 aliphatic carbocycles. The van der Waals surface area contributed by atoms with Crippen molar-refractivity contribution in [3.05, 3.63) is 35.6 Å². The first-order valence-corrected chi connectivity index (χ1v) is 6.45. The third-order valence-corrected chi connectivity index (χ3v) is 3.66. The van der Waals surface area contributed by atoms with Crippen LogP contribution in [-0.4, -0.2) is 17.8 Å². The van der Waals surface area contributed by atoms with E-state index in [-0.39, 0.29) is 6.10 Å². The van der Waals surface area contributed by atoms with Crippen LogP contribution in [0.25, 0.3) is 11.0 Å². The van der Waals surface area contributed by atoms with Crippen LogP contribution in [0, 0.1) is 6.92 Å². The van der Waals surface area contributed by atoms with Crippen LogP contribution in [-0.2, 0) is 10.3 Å². The lowest BCUT2D eigenvalue weighted by Crippen LogP contribution is -2.45. The van der Waals surface area contributed by atoms with Gasteiger partial charge in [-0.2, -0.15) is 0 Å². The summed E-state index contributed by atoms with van der Waals surface area (Å²) in [6.45, 7) is 4.72. The number of benzene rings is 1. The van der Waals surface area contributed by atoms with Crippen molar-refractivity contribution in [2.45, 2.75) is 38.4 Å². The van der Waals surface area contributed by atoms with Crippen molar-refractivity contribution in [1.82, 2.24) is 0 Å². The Morgan fingerprint density at radius 2 is 2.17 bits per heavy atom. The molecule has 0 atom stereocenters. The lowest BCUT2D eigenvalue weighted by molar-refractivity contribution is -0.151. The summed E-state index contributed by atoms with van der Waals surface area (Å²) in [5.74, 6) is 0.666. The molecule has 3 heteroatoms. The van der Waals surface area contributed by atoms with Gasteiger partial charge in [-0.05, 0) is 32.0 Å². The number of aryl methyl sites for hydroxylation is 1. The Kier molecular flexibility index (Phi) is 2.68. The lowest BCUT2D eigenvalue weighted by Gasteiger charge is -2.41. The van der Waals surface area contributed by atoms with Gasteiger partial charge in [0.25, 0.3) is 0 Å². The van der Waals surface area contributed by atoms with E-state index in [2.05, 4.69) is 13.0 Å². The number of ether oxygens (including phenoxy) is 1. The highest BCUT2D eigenvalue weighted by Crippen LogP contribution is 2.44. The monoisotopic (exact) mass is 246 g/mol. The lowest BCUT2D eigenvalue weighted by atomic mass is 9.75. The second-order valence-electron chi connectivity index (χ2n) is 5.17. The minimum absolute atomic E-state index is 0.162. The summed E-state index contributed by atoms with van der Waals surface area (Å²) >= 11 is 0. The summed E-state index contributed by atoms with van der Waals surface area (Å²) in [4.78, 5) is 0. The van der Waals surface area contributed by atoms with Crippen molar-refractivity contribution in [2.24, 2.45) is 0 Å². The Hall–Kier alpha value is -1.32. The van der Waals surface area contributed by atoms with Crippen molar-refractivity contribution in [3.8, 4) is 0 Å². The minimum atomic E-state index is -0.841. The Morgan fingerprint density at radius 1 is 1.39 bits per heavy atom. The average molecular weight is 246 g/mol. The molecule has 1 aromatic carbocycles. The van der Waals surface area contributed by atoms with Gasteiger partial charge in [0.05, 0.1) is 6.10 Å². The first kappa shape index (κ1) is 11.8. The van der Waals surface area contributed by atoms with Gasteiger partial charge in [0.15, 0.2) is 0 Å². The normalized spacial score (nSPS) is 27.4. The van der Waals surface area contributed by atoms with E-state index in [0.29, 0.717) is 25.2 Å². The van der Waals surface area contributed by atoms with E-state index in [1.165, 1.54) is 5.56 Å². The standard InChI is InChI=1S/C15H18O3/c1-3-17-12-8-15(16,9-12)14-7-11-6-10(2)4-5-13(11)18-14/h4-7,12,16H,3,8-9H2,1-2H3. The Labute approximate surface area is 106 Å². The fourth-order valence-electron chi connectivity index (χ4n) is 2.64. The molecular weight excluding hydrogens is 228 g/mol. The predicted molar refractivity (Wildman–Crippen MR) is 69.5 cm³/mol. The maximum atomic E-state index is 10.5. The smallest absolute Gasteiger partial charge is 0.137 e. The molecule has 0 unspecified atom stereocenters. The van der Waals surface area contributed by atoms with Crippen LogP contribution >= 0.6 is 0 Å². The third kappa shape index (κ3) is 1.84. The molecule has 0 spiro atoms. The van der Waals surface area contributed by atoms with Crippen LogP contribution in [0.15, 0.2) is 28.7 Å². The zero-order valence-electron chi connectivity index (χ0n) is 10.8. The number of hydrogen-bond donors (Lipinski definition) is 1. The molecule has 0 saturated heterocycles. The Morgan fingerprint density at radius 3 is 2.89 bits per heavy atom. The largest absolute Gasteiger partial charge is 0.458 e. The van der Waals surface area contributed by atoms with E-state index in [0.717, 1.165) is 11.0 Å². The van der Waals surface area contributed by atoms with Gasteiger partial charge in [-0.1, -0.05) is 11.6 Å². The molecule has 3 rings (SSSR count). The van der Waals surface area contributed by atoms with Crippen molar-refractivity contribution in [3.63, 3.8) is 0 Å². The Balaban J connectivity index is 1.87. The van der Waals surface area contributed by atoms with Crippen molar-refractivity contribution < 1.29 is 14.3 Å². The zero-order valence-corrected chi connectivity index (χ0v) is 10.8. The third-order valence-electron chi connectivity index (χ3n) is 3.66. The minimum Gasteiger partial charge on any atom is -0.458 e. The molecule has 1 heterocycles. The summed E-state index contributed by atoms with van der Waals surface area (Å²) in [6, 6.07) is 7.99. The Bertz CT molecular complexity index is 564. The average Bonchev–Trinajstić information content (AvgIpc) is 2.70. The molecule has 96 valence electrons. The molecule has 18 heavy (non-hydrogen) atoms. The number of furan rings is 1. The van der Waals surface area contributed by atoms with Gasteiger partial charge in [-0.25, -0.2) is 0 Å². The molecule has 2 aromatic rings. The summed E-state index contributed by atoms with van der Waals surface area (Å²) < 4.78 is 11.2. The molecule has 1 aliphatic rings. The van der Waals surface area contributed by atoms with E-state index >= 15 is 0 Å². The molecule has 3 nitrogen and oxygen atoms in total. The highest BCUT2D eigenvalue weighted by atomic mass is 16.5. The van der Waals surface area contributed by atoms with Crippen molar-refractivity contribution in [1.29, 1.82) is 0 Å². The second kappa shape index (κ2) is 4.11. The van der Waals surface area contributed by atoms with E-state index in [4.69, 9.17) is 9.15 Å². The molecule has 1 saturated carbocycles.